The number of sulfonamides is 1. The van der Waals surface area contributed by atoms with E-state index >= 15 is 0 Å². The average Bonchev–Trinajstić information content (AvgIpc) is 2.75. The molecule has 0 aliphatic heterocycles. The van der Waals surface area contributed by atoms with E-state index < -0.39 is 20.2 Å². The fourth-order valence-electron chi connectivity index (χ4n) is 2.66. The molecule has 0 aliphatic carbocycles. The lowest BCUT2D eigenvalue weighted by atomic mass is 10.2. The van der Waals surface area contributed by atoms with Gasteiger partial charge in [0.1, 0.15) is 5.82 Å². The Morgan fingerprint density at radius 2 is 1.67 bits per heavy atom. The van der Waals surface area contributed by atoms with Gasteiger partial charge in [0.2, 0.25) is 16.0 Å². The Morgan fingerprint density at radius 1 is 0.970 bits per heavy atom. The molecule has 176 valence electrons. The number of primary sulfonamides is 1. The highest BCUT2D eigenvalue weighted by Crippen LogP contribution is 2.22. The number of hydrogen-bond donors (Lipinski definition) is 4. The van der Waals surface area contributed by atoms with E-state index in [2.05, 4.69) is 25.3 Å². The molecule has 0 radical (unpaired) electrons. The molecule has 0 saturated carbocycles. The van der Waals surface area contributed by atoms with Crippen LogP contribution in [-0.4, -0.2) is 45.2 Å². The van der Waals surface area contributed by atoms with Crippen LogP contribution in [0.3, 0.4) is 0 Å². The Labute approximate surface area is 193 Å². The Hall–Kier alpha value is -3.10. The molecule has 0 spiro atoms. The molecule has 0 atom stereocenters. The highest BCUT2D eigenvalue weighted by molar-refractivity contribution is 7.89. The van der Waals surface area contributed by atoms with Gasteiger partial charge in [0.15, 0.2) is 0 Å². The van der Waals surface area contributed by atoms with Crippen molar-refractivity contribution in [2.24, 2.45) is 5.14 Å². The Morgan fingerprint density at radius 3 is 2.30 bits per heavy atom. The van der Waals surface area contributed by atoms with Gasteiger partial charge in [-0.15, -0.1) is 0 Å². The highest BCUT2D eigenvalue weighted by atomic mass is 32.2. The normalized spacial score (nSPS) is 12.0. The summed E-state index contributed by atoms with van der Waals surface area (Å²) in [4.78, 5) is 8.66. The SMILES string of the molecule is Cc1cnc(Nc2cccc(S(N)(=O)=O)c2)nc1Nc1ccc(CNS(=O)(=O)N(C)C)cc1. The van der Waals surface area contributed by atoms with E-state index in [1.165, 1.54) is 26.2 Å². The standard InChI is InChI=1S/C20H25N7O4S2/c1-14-12-22-20(25-17-5-4-6-18(11-17)32(21,28)29)26-19(14)24-16-9-7-15(8-10-16)13-23-33(30,31)27(2)3/h4-12,23H,13H2,1-3H3,(H2,21,28,29)(H2,22,24,25,26). The van der Waals surface area contributed by atoms with E-state index in [9.17, 15) is 16.8 Å². The summed E-state index contributed by atoms with van der Waals surface area (Å²) in [7, 11) is -4.41. The summed E-state index contributed by atoms with van der Waals surface area (Å²) in [5.41, 5.74) is 2.81. The van der Waals surface area contributed by atoms with E-state index in [0.29, 0.717) is 11.5 Å². The molecular formula is C20H25N7O4S2. The number of nitrogens with two attached hydrogens (primary N) is 1. The minimum Gasteiger partial charge on any atom is -0.340 e. The zero-order chi connectivity index (χ0) is 24.2. The molecule has 0 fully saturated rings. The summed E-state index contributed by atoms with van der Waals surface area (Å²) < 4.78 is 50.4. The fraction of sp³-hybridized carbons (Fsp3) is 0.200. The predicted molar refractivity (Wildman–Crippen MR) is 127 cm³/mol. The second kappa shape index (κ2) is 9.80. The molecule has 3 rings (SSSR count). The van der Waals surface area contributed by atoms with Crippen LogP contribution in [-0.2, 0) is 26.8 Å². The fourth-order valence-corrected chi connectivity index (χ4v) is 3.82. The van der Waals surface area contributed by atoms with E-state index in [0.717, 1.165) is 21.1 Å². The average molecular weight is 492 g/mol. The monoisotopic (exact) mass is 491 g/mol. The molecular weight excluding hydrogens is 466 g/mol. The van der Waals surface area contributed by atoms with E-state index in [4.69, 9.17) is 5.14 Å². The van der Waals surface area contributed by atoms with Gasteiger partial charge in [-0.3, -0.25) is 0 Å². The van der Waals surface area contributed by atoms with Crippen LogP contribution in [0.4, 0.5) is 23.1 Å². The van der Waals surface area contributed by atoms with Gasteiger partial charge in [0.05, 0.1) is 4.90 Å². The summed E-state index contributed by atoms with van der Waals surface area (Å²) in [6, 6.07) is 13.3. The molecule has 0 unspecified atom stereocenters. The van der Waals surface area contributed by atoms with Crippen LogP contribution in [0, 0.1) is 6.92 Å². The van der Waals surface area contributed by atoms with E-state index in [-0.39, 0.29) is 17.4 Å². The predicted octanol–water partition coefficient (Wildman–Crippen LogP) is 1.82. The maximum absolute atomic E-state index is 11.8. The third-order valence-corrected chi connectivity index (χ3v) is 6.93. The largest absolute Gasteiger partial charge is 0.340 e. The van der Waals surface area contributed by atoms with Gasteiger partial charge < -0.3 is 10.6 Å². The first-order valence-corrected chi connectivity index (χ1v) is 12.7. The van der Waals surface area contributed by atoms with Crippen LogP contribution in [0.25, 0.3) is 0 Å². The van der Waals surface area contributed by atoms with Gasteiger partial charge in [-0.1, -0.05) is 18.2 Å². The molecule has 2 aromatic carbocycles. The Bertz CT molecular complexity index is 1340. The van der Waals surface area contributed by atoms with Gasteiger partial charge in [-0.25, -0.2) is 18.5 Å². The van der Waals surface area contributed by atoms with Crippen molar-refractivity contribution in [2.75, 3.05) is 24.7 Å². The van der Waals surface area contributed by atoms with Crippen molar-refractivity contribution in [3.63, 3.8) is 0 Å². The summed E-state index contributed by atoms with van der Waals surface area (Å²) in [6.07, 6.45) is 1.63. The maximum Gasteiger partial charge on any atom is 0.279 e. The van der Waals surface area contributed by atoms with Crippen LogP contribution in [0.2, 0.25) is 0 Å². The number of nitrogens with zero attached hydrogens (tertiary/aromatic N) is 3. The van der Waals surface area contributed by atoms with Crippen LogP contribution in [0.15, 0.2) is 59.6 Å². The maximum atomic E-state index is 11.8. The molecule has 1 aromatic heterocycles. The highest BCUT2D eigenvalue weighted by Gasteiger charge is 2.12. The summed E-state index contributed by atoms with van der Waals surface area (Å²) in [6.45, 7) is 2.01. The molecule has 0 amide bonds. The first kappa shape index (κ1) is 24.5. The third-order valence-electron chi connectivity index (χ3n) is 4.55. The second-order valence-electron chi connectivity index (χ2n) is 7.35. The molecule has 0 bridgehead atoms. The molecule has 0 aliphatic rings. The number of anilines is 4. The van der Waals surface area contributed by atoms with E-state index in [1.54, 1.807) is 30.5 Å². The zero-order valence-electron chi connectivity index (χ0n) is 18.3. The first-order valence-electron chi connectivity index (χ1n) is 9.71. The molecule has 11 nitrogen and oxygen atoms in total. The molecule has 33 heavy (non-hydrogen) atoms. The molecule has 1 heterocycles. The smallest absolute Gasteiger partial charge is 0.279 e. The van der Waals surface area contributed by atoms with Crippen molar-refractivity contribution < 1.29 is 16.8 Å². The lowest BCUT2D eigenvalue weighted by molar-refractivity contribution is 0.505. The zero-order valence-corrected chi connectivity index (χ0v) is 19.9. The molecule has 13 heteroatoms. The summed E-state index contributed by atoms with van der Waals surface area (Å²) in [5, 5.41) is 11.3. The van der Waals surface area contributed by atoms with Crippen molar-refractivity contribution in [1.29, 1.82) is 0 Å². The van der Waals surface area contributed by atoms with Crippen molar-refractivity contribution in [2.45, 2.75) is 18.4 Å². The third kappa shape index (κ3) is 6.69. The van der Waals surface area contributed by atoms with Crippen molar-refractivity contribution >= 4 is 43.4 Å². The number of aryl methyl sites for hydroxylation is 1. The van der Waals surface area contributed by atoms with Gasteiger partial charge in [-0.2, -0.15) is 22.4 Å². The van der Waals surface area contributed by atoms with Gasteiger partial charge >= 0.3 is 0 Å². The van der Waals surface area contributed by atoms with Gasteiger partial charge in [-0.05, 0) is 42.8 Å². The van der Waals surface area contributed by atoms with Crippen LogP contribution in [0.1, 0.15) is 11.1 Å². The molecule has 5 N–H and O–H groups in total. The summed E-state index contributed by atoms with van der Waals surface area (Å²) >= 11 is 0. The lowest BCUT2D eigenvalue weighted by Crippen LogP contribution is -2.35. The van der Waals surface area contributed by atoms with Crippen molar-refractivity contribution in [1.82, 2.24) is 19.0 Å². The van der Waals surface area contributed by atoms with Crippen molar-refractivity contribution in [3.05, 3.63) is 65.9 Å². The van der Waals surface area contributed by atoms with Gasteiger partial charge in [0, 0.05) is 43.8 Å². The number of benzene rings is 2. The second-order valence-corrected chi connectivity index (χ2v) is 10.9. The van der Waals surface area contributed by atoms with Crippen LogP contribution < -0.4 is 20.5 Å². The Kier molecular flexibility index (Phi) is 7.29. The summed E-state index contributed by atoms with van der Waals surface area (Å²) in [5.74, 6) is 0.820. The van der Waals surface area contributed by atoms with Crippen LogP contribution >= 0.6 is 0 Å². The number of hydrogen-bond acceptors (Lipinski definition) is 8. The number of aromatic nitrogens is 2. The number of nitrogens with one attached hydrogen (secondary N) is 3. The quantitative estimate of drug-likeness (QED) is 0.353. The topological polar surface area (TPSA) is 159 Å². The van der Waals surface area contributed by atoms with Gasteiger partial charge in [0.25, 0.3) is 10.2 Å². The lowest BCUT2D eigenvalue weighted by Gasteiger charge is -2.13. The minimum atomic E-state index is -3.83. The molecule has 0 saturated heterocycles. The van der Waals surface area contributed by atoms with Crippen molar-refractivity contribution in [3.8, 4) is 0 Å². The minimum absolute atomic E-state index is 0.0223. The first-order chi connectivity index (χ1) is 15.4. The Balaban J connectivity index is 1.71. The molecule has 3 aromatic rings. The number of rotatable bonds is 9. The van der Waals surface area contributed by atoms with Crippen LogP contribution in [0.5, 0.6) is 0 Å². The van der Waals surface area contributed by atoms with E-state index in [1.807, 2.05) is 19.1 Å².